The summed E-state index contributed by atoms with van der Waals surface area (Å²) in [5, 5.41) is 3.25. The Bertz CT molecular complexity index is 364. The maximum atomic E-state index is 5.34. The van der Waals surface area contributed by atoms with Crippen LogP contribution in [0.4, 0.5) is 11.8 Å². The Labute approximate surface area is 102 Å². The van der Waals surface area contributed by atoms with E-state index in [9.17, 15) is 0 Å². The fourth-order valence-electron chi connectivity index (χ4n) is 1.84. The van der Waals surface area contributed by atoms with Crippen LogP contribution in [0.5, 0.6) is 0 Å². The molecule has 17 heavy (non-hydrogen) atoms. The van der Waals surface area contributed by atoms with Crippen LogP contribution in [0.1, 0.15) is 19.5 Å². The Balaban J connectivity index is 2.21. The molecule has 0 atom stereocenters. The van der Waals surface area contributed by atoms with E-state index in [0.717, 1.165) is 56.7 Å². The summed E-state index contributed by atoms with van der Waals surface area (Å²) < 4.78 is 5.34. The number of morpholine rings is 1. The number of hydrogen-bond donors (Lipinski definition) is 1. The molecule has 1 fully saturated rings. The number of aryl methyl sites for hydroxylation is 1. The molecule has 0 spiro atoms. The molecule has 1 aliphatic rings. The Morgan fingerprint density at radius 3 is 2.71 bits per heavy atom. The van der Waals surface area contributed by atoms with E-state index in [2.05, 4.69) is 34.0 Å². The highest BCUT2D eigenvalue weighted by atomic mass is 16.5. The molecule has 5 nitrogen and oxygen atoms in total. The summed E-state index contributed by atoms with van der Waals surface area (Å²) in [5.41, 5.74) is 1.08. The highest BCUT2D eigenvalue weighted by molar-refractivity contribution is 5.44. The monoisotopic (exact) mass is 236 g/mol. The zero-order valence-electron chi connectivity index (χ0n) is 10.6. The standard InChI is InChI=1S/C12H20N4O/c1-3-10-9-11(13-4-2)15-12(14-10)16-5-7-17-8-6-16/h9H,3-8H2,1-2H3,(H,13,14,15). The van der Waals surface area contributed by atoms with Crippen LogP contribution in [0.2, 0.25) is 0 Å². The van der Waals surface area contributed by atoms with E-state index in [4.69, 9.17) is 4.74 Å². The second-order valence-electron chi connectivity index (χ2n) is 4.03. The highest BCUT2D eigenvalue weighted by Crippen LogP contribution is 2.15. The fraction of sp³-hybridized carbons (Fsp3) is 0.667. The molecule has 2 heterocycles. The van der Waals surface area contributed by atoms with E-state index in [1.54, 1.807) is 0 Å². The van der Waals surface area contributed by atoms with E-state index in [-0.39, 0.29) is 0 Å². The van der Waals surface area contributed by atoms with Gasteiger partial charge in [-0.2, -0.15) is 4.98 Å². The van der Waals surface area contributed by atoms with Gasteiger partial charge in [0.1, 0.15) is 5.82 Å². The first-order chi connectivity index (χ1) is 8.33. The van der Waals surface area contributed by atoms with Crippen molar-refractivity contribution in [2.75, 3.05) is 43.1 Å². The maximum Gasteiger partial charge on any atom is 0.227 e. The van der Waals surface area contributed by atoms with Crippen LogP contribution >= 0.6 is 0 Å². The molecular weight excluding hydrogens is 216 g/mol. The van der Waals surface area contributed by atoms with Gasteiger partial charge in [0, 0.05) is 31.4 Å². The number of anilines is 2. The smallest absolute Gasteiger partial charge is 0.227 e. The van der Waals surface area contributed by atoms with Crippen molar-refractivity contribution in [2.24, 2.45) is 0 Å². The molecule has 1 aromatic heterocycles. The van der Waals surface area contributed by atoms with Crippen molar-refractivity contribution in [1.82, 2.24) is 9.97 Å². The molecule has 1 saturated heterocycles. The first-order valence-electron chi connectivity index (χ1n) is 6.28. The molecule has 1 N–H and O–H groups in total. The van der Waals surface area contributed by atoms with Gasteiger partial charge < -0.3 is 15.0 Å². The highest BCUT2D eigenvalue weighted by Gasteiger charge is 2.15. The summed E-state index contributed by atoms with van der Waals surface area (Å²) in [5.74, 6) is 1.74. The molecule has 0 bridgehead atoms. The third-order valence-corrected chi connectivity index (χ3v) is 2.78. The number of ether oxygens (including phenoxy) is 1. The van der Waals surface area contributed by atoms with Gasteiger partial charge in [-0.05, 0) is 13.3 Å². The second-order valence-corrected chi connectivity index (χ2v) is 4.03. The van der Waals surface area contributed by atoms with Crippen molar-refractivity contribution in [3.63, 3.8) is 0 Å². The van der Waals surface area contributed by atoms with Crippen LogP contribution in [0.25, 0.3) is 0 Å². The average Bonchev–Trinajstić information content (AvgIpc) is 2.40. The molecule has 5 heteroatoms. The largest absolute Gasteiger partial charge is 0.378 e. The van der Waals surface area contributed by atoms with Gasteiger partial charge in [-0.15, -0.1) is 0 Å². The molecule has 1 aliphatic heterocycles. The summed E-state index contributed by atoms with van der Waals surface area (Å²) in [6.45, 7) is 8.33. The lowest BCUT2D eigenvalue weighted by atomic mass is 10.3. The maximum absolute atomic E-state index is 5.34. The first-order valence-corrected chi connectivity index (χ1v) is 6.28. The van der Waals surface area contributed by atoms with Gasteiger partial charge in [-0.3, -0.25) is 0 Å². The van der Waals surface area contributed by atoms with E-state index in [1.807, 2.05) is 6.07 Å². The Hall–Kier alpha value is -1.36. The van der Waals surface area contributed by atoms with Crippen molar-refractivity contribution in [3.8, 4) is 0 Å². The SMILES string of the molecule is CCNc1cc(CC)nc(N2CCOCC2)n1. The number of nitrogens with zero attached hydrogens (tertiary/aromatic N) is 3. The number of hydrogen-bond acceptors (Lipinski definition) is 5. The van der Waals surface area contributed by atoms with Crippen LogP contribution in [-0.4, -0.2) is 42.8 Å². The van der Waals surface area contributed by atoms with Crippen molar-refractivity contribution >= 4 is 11.8 Å². The summed E-state index contributed by atoms with van der Waals surface area (Å²) in [7, 11) is 0. The molecule has 0 unspecified atom stereocenters. The van der Waals surface area contributed by atoms with Crippen molar-refractivity contribution in [3.05, 3.63) is 11.8 Å². The van der Waals surface area contributed by atoms with Crippen LogP contribution in [0.3, 0.4) is 0 Å². The van der Waals surface area contributed by atoms with E-state index in [1.165, 1.54) is 0 Å². The first kappa shape index (κ1) is 12.1. The van der Waals surface area contributed by atoms with E-state index < -0.39 is 0 Å². The predicted molar refractivity (Wildman–Crippen MR) is 68.6 cm³/mol. The summed E-state index contributed by atoms with van der Waals surface area (Å²) in [6, 6.07) is 2.02. The van der Waals surface area contributed by atoms with Gasteiger partial charge in [0.05, 0.1) is 13.2 Å². The lowest BCUT2D eigenvalue weighted by molar-refractivity contribution is 0.122. The molecule has 0 radical (unpaired) electrons. The third kappa shape index (κ3) is 3.06. The van der Waals surface area contributed by atoms with Gasteiger partial charge >= 0.3 is 0 Å². The van der Waals surface area contributed by atoms with Gasteiger partial charge in [-0.1, -0.05) is 6.92 Å². The van der Waals surface area contributed by atoms with Crippen LogP contribution in [0, 0.1) is 0 Å². The Kier molecular flexibility index (Phi) is 4.14. The molecular formula is C12H20N4O. The Morgan fingerprint density at radius 1 is 1.29 bits per heavy atom. The van der Waals surface area contributed by atoms with Gasteiger partial charge in [-0.25, -0.2) is 4.98 Å². The van der Waals surface area contributed by atoms with Crippen molar-refractivity contribution in [2.45, 2.75) is 20.3 Å². The molecule has 0 saturated carbocycles. The number of aromatic nitrogens is 2. The van der Waals surface area contributed by atoms with Crippen molar-refractivity contribution in [1.29, 1.82) is 0 Å². The minimum Gasteiger partial charge on any atom is -0.378 e. The lowest BCUT2D eigenvalue weighted by Gasteiger charge is -2.27. The Morgan fingerprint density at radius 2 is 2.06 bits per heavy atom. The molecule has 0 aliphatic carbocycles. The average molecular weight is 236 g/mol. The van der Waals surface area contributed by atoms with E-state index >= 15 is 0 Å². The zero-order valence-corrected chi connectivity index (χ0v) is 10.6. The lowest BCUT2D eigenvalue weighted by Crippen LogP contribution is -2.37. The summed E-state index contributed by atoms with van der Waals surface area (Å²) in [6.07, 6.45) is 0.929. The van der Waals surface area contributed by atoms with Gasteiger partial charge in [0.25, 0.3) is 0 Å². The quantitative estimate of drug-likeness (QED) is 0.854. The van der Waals surface area contributed by atoms with Gasteiger partial charge in [0.2, 0.25) is 5.95 Å². The van der Waals surface area contributed by atoms with Crippen LogP contribution in [-0.2, 0) is 11.2 Å². The second kappa shape index (κ2) is 5.82. The van der Waals surface area contributed by atoms with E-state index in [0.29, 0.717) is 0 Å². The predicted octanol–water partition coefficient (Wildman–Crippen LogP) is 1.31. The summed E-state index contributed by atoms with van der Waals surface area (Å²) in [4.78, 5) is 11.3. The zero-order chi connectivity index (χ0) is 12.1. The van der Waals surface area contributed by atoms with Crippen LogP contribution < -0.4 is 10.2 Å². The number of rotatable bonds is 4. The summed E-state index contributed by atoms with van der Waals surface area (Å²) >= 11 is 0. The normalized spacial score (nSPS) is 16.0. The van der Waals surface area contributed by atoms with Crippen LogP contribution in [0.15, 0.2) is 6.07 Å². The minimum absolute atomic E-state index is 0.760. The fourth-order valence-corrected chi connectivity index (χ4v) is 1.84. The molecule has 0 amide bonds. The third-order valence-electron chi connectivity index (χ3n) is 2.78. The molecule has 2 rings (SSSR count). The minimum atomic E-state index is 0.760. The topological polar surface area (TPSA) is 50.3 Å². The van der Waals surface area contributed by atoms with Crippen molar-refractivity contribution < 1.29 is 4.74 Å². The number of nitrogens with one attached hydrogen (secondary N) is 1. The van der Waals surface area contributed by atoms with Gasteiger partial charge in [0.15, 0.2) is 0 Å². The molecule has 1 aromatic rings. The molecule has 0 aromatic carbocycles. The molecule has 94 valence electrons.